The lowest BCUT2D eigenvalue weighted by molar-refractivity contribution is 0.205. The highest BCUT2D eigenvalue weighted by Gasteiger charge is 2.12. The summed E-state index contributed by atoms with van der Waals surface area (Å²) in [7, 11) is 0. The van der Waals surface area contributed by atoms with Crippen molar-refractivity contribution < 1.29 is 0 Å². The van der Waals surface area contributed by atoms with E-state index in [2.05, 4.69) is 46.4 Å². The van der Waals surface area contributed by atoms with Crippen molar-refractivity contribution in [3.8, 4) is 0 Å². The third-order valence-corrected chi connectivity index (χ3v) is 2.61. The molecule has 0 atom stereocenters. The molecule has 0 radical (unpaired) electrons. The van der Waals surface area contributed by atoms with E-state index in [0.29, 0.717) is 11.5 Å². The zero-order valence-corrected chi connectivity index (χ0v) is 11.1. The molecule has 0 aromatic carbocycles. The molecule has 0 N–H and O–H groups in total. The van der Waals surface area contributed by atoms with Crippen LogP contribution in [0.3, 0.4) is 0 Å². The Morgan fingerprint density at radius 3 is 2.00 bits per heavy atom. The van der Waals surface area contributed by atoms with Gasteiger partial charge in [0.15, 0.2) is 0 Å². The standard InChI is InChI=1S/C13H29N/c1-7-10-14(12(2)3)11-8-9-13(4,5)6/h12H,7-11H2,1-6H3. The summed E-state index contributed by atoms with van der Waals surface area (Å²) in [6, 6.07) is 0.704. The second-order valence-electron chi connectivity index (χ2n) is 5.79. The fourth-order valence-electron chi connectivity index (χ4n) is 1.73. The van der Waals surface area contributed by atoms with Crippen LogP contribution in [0.1, 0.15) is 60.8 Å². The van der Waals surface area contributed by atoms with Gasteiger partial charge in [-0.2, -0.15) is 0 Å². The van der Waals surface area contributed by atoms with Crippen LogP contribution in [0.15, 0.2) is 0 Å². The molecular formula is C13H29N. The second kappa shape index (κ2) is 6.44. The van der Waals surface area contributed by atoms with E-state index in [1.54, 1.807) is 0 Å². The van der Waals surface area contributed by atoms with Gasteiger partial charge in [-0.1, -0.05) is 27.7 Å². The van der Waals surface area contributed by atoms with Crippen molar-refractivity contribution >= 4 is 0 Å². The minimum Gasteiger partial charge on any atom is -0.301 e. The SMILES string of the molecule is CCCN(CCCC(C)(C)C)C(C)C. The number of rotatable bonds is 6. The van der Waals surface area contributed by atoms with Crippen LogP contribution in [-0.4, -0.2) is 24.0 Å². The molecule has 86 valence electrons. The number of hydrogen-bond donors (Lipinski definition) is 0. The van der Waals surface area contributed by atoms with Gasteiger partial charge in [-0.15, -0.1) is 0 Å². The normalized spacial score (nSPS) is 12.9. The Labute approximate surface area is 90.9 Å². The van der Waals surface area contributed by atoms with Gasteiger partial charge in [0, 0.05) is 6.04 Å². The van der Waals surface area contributed by atoms with Gasteiger partial charge < -0.3 is 4.90 Å². The summed E-state index contributed by atoms with van der Waals surface area (Å²) in [4.78, 5) is 2.59. The average molecular weight is 199 g/mol. The molecule has 0 aromatic rings. The minimum absolute atomic E-state index is 0.495. The van der Waals surface area contributed by atoms with E-state index in [-0.39, 0.29) is 0 Å². The Balaban J connectivity index is 3.72. The van der Waals surface area contributed by atoms with Crippen LogP contribution in [0.5, 0.6) is 0 Å². The minimum atomic E-state index is 0.495. The fourth-order valence-corrected chi connectivity index (χ4v) is 1.73. The summed E-state index contributed by atoms with van der Waals surface area (Å²) in [6.07, 6.45) is 3.94. The lowest BCUT2D eigenvalue weighted by atomic mass is 9.90. The molecule has 0 bridgehead atoms. The first-order chi connectivity index (χ1) is 6.37. The highest BCUT2D eigenvalue weighted by molar-refractivity contribution is 4.66. The van der Waals surface area contributed by atoms with E-state index >= 15 is 0 Å². The van der Waals surface area contributed by atoms with E-state index in [4.69, 9.17) is 0 Å². The maximum absolute atomic E-state index is 2.59. The fraction of sp³-hybridized carbons (Fsp3) is 1.00. The zero-order chi connectivity index (χ0) is 11.2. The summed E-state index contributed by atoms with van der Waals surface area (Å²) < 4.78 is 0. The lowest BCUT2D eigenvalue weighted by Crippen LogP contribution is -2.32. The van der Waals surface area contributed by atoms with Crippen molar-refractivity contribution in [2.45, 2.75) is 66.8 Å². The topological polar surface area (TPSA) is 3.24 Å². The molecule has 0 fully saturated rings. The molecule has 0 aliphatic rings. The Morgan fingerprint density at radius 2 is 1.64 bits per heavy atom. The molecule has 0 saturated carbocycles. The largest absolute Gasteiger partial charge is 0.301 e. The Bertz CT molecular complexity index is 133. The molecule has 0 amide bonds. The number of hydrogen-bond acceptors (Lipinski definition) is 1. The molecule has 0 rings (SSSR count). The first kappa shape index (κ1) is 14.0. The highest BCUT2D eigenvalue weighted by Crippen LogP contribution is 2.20. The van der Waals surface area contributed by atoms with Crippen molar-refractivity contribution in [2.75, 3.05) is 13.1 Å². The van der Waals surface area contributed by atoms with E-state index in [9.17, 15) is 0 Å². The summed E-state index contributed by atoms with van der Waals surface area (Å²) >= 11 is 0. The summed E-state index contributed by atoms with van der Waals surface area (Å²) in [5.41, 5.74) is 0.495. The van der Waals surface area contributed by atoms with E-state index < -0.39 is 0 Å². The second-order valence-corrected chi connectivity index (χ2v) is 5.79. The maximum atomic E-state index is 2.59. The predicted octanol–water partition coefficient (Wildman–Crippen LogP) is 3.93. The van der Waals surface area contributed by atoms with E-state index in [1.165, 1.54) is 32.4 Å². The van der Waals surface area contributed by atoms with Crippen molar-refractivity contribution in [2.24, 2.45) is 5.41 Å². The molecule has 1 nitrogen and oxygen atoms in total. The average Bonchev–Trinajstić information content (AvgIpc) is 2.00. The predicted molar refractivity (Wildman–Crippen MR) is 65.7 cm³/mol. The van der Waals surface area contributed by atoms with E-state index in [1.807, 2.05) is 0 Å². The van der Waals surface area contributed by atoms with Crippen LogP contribution in [0, 0.1) is 5.41 Å². The Hall–Kier alpha value is -0.0400. The van der Waals surface area contributed by atoms with Gasteiger partial charge in [0.05, 0.1) is 0 Å². The Kier molecular flexibility index (Phi) is 6.43. The first-order valence-electron chi connectivity index (χ1n) is 6.11. The molecule has 0 aromatic heterocycles. The summed E-state index contributed by atoms with van der Waals surface area (Å²) in [6.45, 7) is 16.4. The molecule has 14 heavy (non-hydrogen) atoms. The van der Waals surface area contributed by atoms with Crippen LogP contribution in [0.25, 0.3) is 0 Å². The van der Waals surface area contributed by atoms with Gasteiger partial charge in [-0.05, 0) is 51.6 Å². The molecule has 0 heterocycles. The smallest absolute Gasteiger partial charge is 0.00385 e. The van der Waals surface area contributed by atoms with Gasteiger partial charge in [0.1, 0.15) is 0 Å². The monoisotopic (exact) mass is 199 g/mol. The van der Waals surface area contributed by atoms with Gasteiger partial charge in [0.2, 0.25) is 0 Å². The van der Waals surface area contributed by atoms with Crippen LogP contribution in [0.4, 0.5) is 0 Å². The molecule has 1 heteroatoms. The van der Waals surface area contributed by atoms with Gasteiger partial charge >= 0.3 is 0 Å². The van der Waals surface area contributed by atoms with Crippen molar-refractivity contribution in [1.82, 2.24) is 4.90 Å². The zero-order valence-electron chi connectivity index (χ0n) is 11.1. The molecular weight excluding hydrogens is 170 g/mol. The van der Waals surface area contributed by atoms with Crippen molar-refractivity contribution in [1.29, 1.82) is 0 Å². The van der Waals surface area contributed by atoms with Crippen molar-refractivity contribution in [3.63, 3.8) is 0 Å². The van der Waals surface area contributed by atoms with E-state index in [0.717, 1.165) is 0 Å². The summed E-state index contributed by atoms with van der Waals surface area (Å²) in [5, 5.41) is 0. The molecule has 0 spiro atoms. The van der Waals surface area contributed by atoms with Crippen LogP contribution >= 0.6 is 0 Å². The lowest BCUT2D eigenvalue weighted by Gasteiger charge is -2.27. The Morgan fingerprint density at radius 1 is 1.07 bits per heavy atom. The van der Waals surface area contributed by atoms with Crippen molar-refractivity contribution in [3.05, 3.63) is 0 Å². The first-order valence-corrected chi connectivity index (χ1v) is 6.11. The molecule has 0 unspecified atom stereocenters. The third kappa shape index (κ3) is 7.37. The molecule has 0 aliphatic heterocycles. The quantitative estimate of drug-likeness (QED) is 0.626. The molecule has 0 saturated heterocycles. The van der Waals surface area contributed by atoms with Gasteiger partial charge in [0.25, 0.3) is 0 Å². The van der Waals surface area contributed by atoms with Crippen LogP contribution in [0.2, 0.25) is 0 Å². The summed E-state index contributed by atoms with van der Waals surface area (Å²) in [5.74, 6) is 0. The third-order valence-electron chi connectivity index (χ3n) is 2.61. The van der Waals surface area contributed by atoms with Gasteiger partial charge in [-0.25, -0.2) is 0 Å². The highest BCUT2D eigenvalue weighted by atomic mass is 15.1. The maximum Gasteiger partial charge on any atom is 0.00385 e. The van der Waals surface area contributed by atoms with Gasteiger partial charge in [-0.3, -0.25) is 0 Å². The van der Waals surface area contributed by atoms with Crippen LogP contribution < -0.4 is 0 Å². The number of nitrogens with zero attached hydrogens (tertiary/aromatic N) is 1. The molecule has 0 aliphatic carbocycles. The van der Waals surface area contributed by atoms with Crippen LogP contribution in [-0.2, 0) is 0 Å².